The standard InChI is InChI=1S/C4H4P2/c5-3-1-2-4(3)6/h1-2,5-6H. The first-order valence-electron chi connectivity index (χ1n) is 1.66. The number of rotatable bonds is 0. The highest BCUT2D eigenvalue weighted by Crippen LogP contribution is 2.00. The molecule has 0 amide bonds. The van der Waals surface area contributed by atoms with E-state index in [-0.39, 0.29) is 0 Å². The SMILES string of the molecule is P=c1ccc1=P. The van der Waals surface area contributed by atoms with Crippen LogP contribution in [0.2, 0.25) is 0 Å². The third-order valence-electron chi connectivity index (χ3n) is 0.707. The minimum absolute atomic E-state index is 1.15. The minimum Gasteiger partial charge on any atom is -0.113 e. The van der Waals surface area contributed by atoms with Gasteiger partial charge in [0.15, 0.2) is 0 Å². The highest BCUT2D eigenvalue weighted by atomic mass is 31.0. The maximum absolute atomic E-state index is 3.31. The summed E-state index contributed by atoms with van der Waals surface area (Å²) >= 11 is 0. The van der Waals surface area contributed by atoms with Gasteiger partial charge in [-0.3, -0.25) is 0 Å². The Hall–Kier alpha value is 0.0800. The summed E-state index contributed by atoms with van der Waals surface area (Å²) in [6, 6.07) is 3.97. The summed E-state index contributed by atoms with van der Waals surface area (Å²) in [7, 11) is 6.63. The van der Waals surface area contributed by atoms with Crippen molar-refractivity contribution in [1.29, 1.82) is 0 Å². The van der Waals surface area contributed by atoms with Crippen LogP contribution < -0.4 is 0 Å². The molecule has 0 spiro atoms. The maximum Gasteiger partial charge on any atom is 0.00574 e. The second-order valence-corrected chi connectivity index (χ2v) is 2.24. The highest BCUT2D eigenvalue weighted by molar-refractivity contribution is 7.10. The van der Waals surface area contributed by atoms with E-state index in [1.54, 1.807) is 0 Å². The monoisotopic (exact) mass is 114 g/mol. The molecule has 0 N–H and O–H groups in total. The summed E-state index contributed by atoms with van der Waals surface area (Å²) in [4.78, 5) is 2.29. The zero-order valence-electron chi connectivity index (χ0n) is 3.15. The van der Waals surface area contributed by atoms with E-state index in [1.165, 1.54) is 0 Å². The van der Waals surface area contributed by atoms with Gasteiger partial charge in [-0.1, -0.05) is 0 Å². The van der Waals surface area contributed by atoms with E-state index in [0.29, 0.717) is 0 Å². The average molecular weight is 114 g/mol. The van der Waals surface area contributed by atoms with Gasteiger partial charge in [0.25, 0.3) is 0 Å². The fourth-order valence-corrected chi connectivity index (χ4v) is 0.583. The third kappa shape index (κ3) is 0.469. The molecule has 1 aromatic carbocycles. The van der Waals surface area contributed by atoms with Crippen molar-refractivity contribution in [2.75, 3.05) is 0 Å². The summed E-state index contributed by atoms with van der Waals surface area (Å²) < 4.78 is 0. The van der Waals surface area contributed by atoms with Crippen LogP contribution in [-0.2, 0) is 0 Å². The molecule has 0 atom stereocenters. The van der Waals surface area contributed by atoms with Crippen molar-refractivity contribution < 1.29 is 0 Å². The second-order valence-electron chi connectivity index (χ2n) is 1.16. The molecule has 0 nitrogen and oxygen atoms in total. The van der Waals surface area contributed by atoms with Gasteiger partial charge in [-0.25, -0.2) is 0 Å². The fraction of sp³-hybridized carbons (Fsp3) is 0. The fourth-order valence-electron chi connectivity index (χ4n) is 0.250. The Balaban J connectivity index is 3.58. The molecule has 0 unspecified atom stereocenters. The van der Waals surface area contributed by atoms with Gasteiger partial charge in [0, 0.05) is 9.88 Å². The Bertz CT molecular complexity index is 180. The summed E-state index contributed by atoms with van der Waals surface area (Å²) in [6.45, 7) is 0. The first-order valence-corrected chi connectivity index (χ1v) is 2.66. The van der Waals surface area contributed by atoms with Crippen molar-refractivity contribution in [3.8, 4) is 0 Å². The predicted molar refractivity (Wildman–Crippen MR) is 31.9 cm³/mol. The van der Waals surface area contributed by atoms with Gasteiger partial charge in [0.1, 0.15) is 0 Å². The lowest BCUT2D eigenvalue weighted by Crippen LogP contribution is -1.62. The van der Waals surface area contributed by atoms with Crippen LogP contribution in [0.5, 0.6) is 0 Å². The quantitative estimate of drug-likeness (QED) is 0.452. The highest BCUT2D eigenvalue weighted by Gasteiger charge is 1.76. The molecule has 0 bridgehead atoms. The summed E-state index contributed by atoms with van der Waals surface area (Å²) in [5, 5.41) is 0. The summed E-state index contributed by atoms with van der Waals surface area (Å²) in [6.07, 6.45) is 0. The van der Waals surface area contributed by atoms with Gasteiger partial charge in [-0.2, -0.15) is 0 Å². The van der Waals surface area contributed by atoms with E-state index >= 15 is 0 Å². The topological polar surface area (TPSA) is 0 Å². The van der Waals surface area contributed by atoms with Gasteiger partial charge in [0.2, 0.25) is 0 Å². The molecule has 0 saturated carbocycles. The van der Waals surface area contributed by atoms with Crippen LogP contribution in [0, 0.1) is 9.88 Å². The molecule has 0 aromatic heterocycles. The van der Waals surface area contributed by atoms with Gasteiger partial charge in [-0.05, 0) is 12.1 Å². The van der Waals surface area contributed by atoms with Crippen LogP contribution >= 0.6 is 17.7 Å². The van der Waals surface area contributed by atoms with Gasteiger partial charge < -0.3 is 0 Å². The van der Waals surface area contributed by atoms with Crippen LogP contribution in [0.4, 0.5) is 0 Å². The zero-order valence-corrected chi connectivity index (χ0v) is 5.15. The van der Waals surface area contributed by atoms with E-state index in [1.807, 2.05) is 12.1 Å². The van der Waals surface area contributed by atoms with Crippen molar-refractivity contribution in [2.45, 2.75) is 0 Å². The molecule has 0 fully saturated rings. The largest absolute Gasteiger partial charge is 0.113 e. The molecule has 0 radical (unpaired) electrons. The molecular weight excluding hydrogens is 110 g/mol. The van der Waals surface area contributed by atoms with E-state index in [4.69, 9.17) is 0 Å². The lowest BCUT2D eigenvalue weighted by Gasteiger charge is -1.81. The Morgan fingerprint density at radius 1 is 1.00 bits per heavy atom. The first kappa shape index (κ1) is 4.24. The second kappa shape index (κ2) is 1.30. The smallest absolute Gasteiger partial charge is 0.00574 e. The Morgan fingerprint density at radius 2 is 1.33 bits per heavy atom. The van der Waals surface area contributed by atoms with Gasteiger partial charge >= 0.3 is 0 Å². The predicted octanol–water partition coefficient (Wildman–Crippen LogP) is 1.91. The lowest BCUT2D eigenvalue weighted by atomic mass is 10.4. The number of hydrogen-bond acceptors (Lipinski definition) is 0. The van der Waals surface area contributed by atoms with E-state index < -0.39 is 0 Å². The van der Waals surface area contributed by atoms with Crippen LogP contribution in [0.1, 0.15) is 0 Å². The molecule has 0 aliphatic rings. The van der Waals surface area contributed by atoms with Crippen molar-refractivity contribution in [2.24, 2.45) is 0 Å². The Labute approximate surface area is 40.6 Å². The van der Waals surface area contributed by atoms with Crippen molar-refractivity contribution in [1.82, 2.24) is 0 Å². The van der Waals surface area contributed by atoms with Gasteiger partial charge in [-0.15, -0.1) is 17.7 Å². The third-order valence-corrected chi connectivity index (χ3v) is 1.83. The molecule has 0 saturated heterocycles. The summed E-state index contributed by atoms with van der Waals surface area (Å²) in [5.74, 6) is 0. The van der Waals surface area contributed by atoms with Crippen LogP contribution in [0.3, 0.4) is 0 Å². The van der Waals surface area contributed by atoms with Crippen molar-refractivity contribution >= 4 is 17.7 Å². The van der Waals surface area contributed by atoms with Crippen molar-refractivity contribution in [3.05, 3.63) is 22.0 Å². The molecule has 1 aromatic rings. The molecule has 0 aliphatic heterocycles. The first-order chi connectivity index (χ1) is 2.80. The minimum atomic E-state index is 1.15. The van der Waals surface area contributed by atoms with Gasteiger partial charge in [0.05, 0.1) is 0 Å². The molecule has 0 aliphatic carbocycles. The normalized spacial score (nSPS) is 9.33. The molecule has 30 valence electrons. The molecule has 2 heteroatoms. The molecule has 6 heavy (non-hydrogen) atoms. The Kier molecular flexibility index (Phi) is 0.916. The van der Waals surface area contributed by atoms with Crippen LogP contribution in [0.25, 0.3) is 0 Å². The molecular formula is C4H4P2. The van der Waals surface area contributed by atoms with Crippen LogP contribution in [0.15, 0.2) is 12.1 Å². The van der Waals surface area contributed by atoms with E-state index in [9.17, 15) is 0 Å². The maximum atomic E-state index is 3.31. The molecule has 0 heterocycles. The summed E-state index contributed by atoms with van der Waals surface area (Å²) in [5.41, 5.74) is 0. The lowest BCUT2D eigenvalue weighted by molar-refractivity contribution is 1.61. The Morgan fingerprint density at radius 3 is 1.33 bits per heavy atom. The van der Waals surface area contributed by atoms with E-state index in [0.717, 1.165) is 9.88 Å². The average Bonchev–Trinajstić information content (AvgIpc) is 1.61. The van der Waals surface area contributed by atoms with Crippen LogP contribution in [-0.4, -0.2) is 0 Å². The van der Waals surface area contributed by atoms with E-state index in [2.05, 4.69) is 17.7 Å². The number of hydrogen-bond donors (Lipinski definition) is 0. The zero-order chi connectivity index (χ0) is 4.57. The molecule has 1 rings (SSSR count). The van der Waals surface area contributed by atoms with Crippen molar-refractivity contribution in [3.63, 3.8) is 0 Å².